The van der Waals surface area contributed by atoms with E-state index in [1.807, 2.05) is 26.8 Å². The molecule has 2 amide bonds. The summed E-state index contributed by atoms with van der Waals surface area (Å²) in [6, 6.07) is 3.20. The number of hydrogen-bond donors (Lipinski definition) is 3. The number of rotatable bonds is 3. The van der Waals surface area contributed by atoms with Crippen LogP contribution in [0.2, 0.25) is 5.02 Å². The van der Waals surface area contributed by atoms with Gasteiger partial charge in [-0.05, 0) is 53.9 Å². The highest BCUT2D eigenvalue weighted by Crippen LogP contribution is 2.29. The lowest BCUT2D eigenvalue weighted by Gasteiger charge is -2.10. The van der Waals surface area contributed by atoms with Crippen LogP contribution in [0, 0.1) is 13.8 Å². The number of nitrogens with one attached hydrogen (secondary N) is 3. The lowest BCUT2D eigenvalue weighted by atomic mass is 10.2. The smallest absolute Gasteiger partial charge is 0.307 e. The summed E-state index contributed by atoms with van der Waals surface area (Å²) in [5, 5.41) is 13.0. The molecule has 0 bridgehead atoms. The number of amides is 2. The summed E-state index contributed by atoms with van der Waals surface area (Å²) in [6.07, 6.45) is 0.790. The van der Waals surface area contributed by atoms with Gasteiger partial charge in [-0.25, -0.2) is 4.79 Å². The Labute approximate surface area is 136 Å². The van der Waals surface area contributed by atoms with E-state index in [2.05, 4.69) is 36.8 Å². The molecule has 2 aromatic rings. The average molecular weight is 372 g/mol. The number of nitrogens with zero attached hydrogens (tertiary/aromatic N) is 1. The molecule has 1 heterocycles. The topological polar surface area (TPSA) is 69.8 Å². The summed E-state index contributed by atoms with van der Waals surface area (Å²) in [7, 11) is 0. The number of aromatic nitrogens is 2. The van der Waals surface area contributed by atoms with Crippen molar-refractivity contribution in [1.29, 1.82) is 0 Å². The Balaban J connectivity index is 2.13. The molecule has 0 spiro atoms. The van der Waals surface area contributed by atoms with Gasteiger partial charge < -0.3 is 5.32 Å². The maximum atomic E-state index is 12.1. The quantitative estimate of drug-likeness (QED) is 0.735. The van der Waals surface area contributed by atoms with Gasteiger partial charge in [0.1, 0.15) is 0 Å². The molecule has 0 aliphatic rings. The molecule has 112 valence electrons. The molecule has 21 heavy (non-hydrogen) atoms. The molecule has 0 atom stereocenters. The first-order valence-corrected chi connectivity index (χ1v) is 7.67. The first-order valence-electron chi connectivity index (χ1n) is 6.49. The number of hydrogen-bond acceptors (Lipinski definition) is 2. The number of urea groups is 1. The van der Waals surface area contributed by atoms with Crippen molar-refractivity contribution >= 4 is 45.1 Å². The lowest BCUT2D eigenvalue weighted by Crippen LogP contribution is -2.20. The van der Waals surface area contributed by atoms with E-state index in [9.17, 15) is 4.79 Å². The molecule has 3 N–H and O–H groups in total. The van der Waals surface area contributed by atoms with Crippen molar-refractivity contribution in [3.8, 4) is 0 Å². The van der Waals surface area contributed by atoms with Crippen LogP contribution in [0.3, 0.4) is 0 Å². The summed E-state index contributed by atoms with van der Waals surface area (Å²) >= 11 is 9.48. The molecule has 1 aromatic heterocycles. The molecule has 1 aromatic carbocycles. The summed E-state index contributed by atoms with van der Waals surface area (Å²) in [4.78, 5) is 12.1. The molecule has 0 aliphatic carbocycles. The lowest BCUT2D eigenvalue weighted by molar-refractivity contribution is 0.262. The van der Waals surface area contributed by atoms with E-state index in [-0.39, 0.29) is 6.03 Å². The number of carbonyl (C=O) groups is 1. The zero-order chi connectivity index (χ0) is 15.6. The molecule has 0 unspecified atom stereocenters. The molecule has 0 aliphatic heterocycles. The Morgan fingerprint density at radius 1 is 1.38 bits per heavy atom. The minimum Gasteiger partial charge on any atom is -0.307 e. The van der Waals surface area contributed by atoms with Crippen molar-refractivity contribution < 1.29 is 4.79 Å². The van der Waals surface area contributed by atoms with E-state index in [1.54, 1.807) is 6.07 Å². The second-order valence-corrected chi connectivity index (χ2v) is 5.95. The third-order valence-corrected chi connectivity index (χ3v) is 4.22. The van der Waals surface area contributed by atoms with E-state index < -0.39 is 0 Å². The normalized spacial score (nSPS) is 10.5. The number of anilines is 2. The van der Waals surface area contributed by atoms with Gasteiger partial charge in [-0.1, -0.05) is 18.5 Å². The van der Waals surface area contributed by atoms with Crippen LogP contribution in [0.25, 0.3) is 0 Å². The van der Waals surface area contributed by atoms with Crippen LogP contribution in [0.4, 0.5) is 16.3 Å². The molecule has 7 heteroatoms. The van der Waals surface area contributed by atoms with Gasteiger partial charge in [0.05, 0.1) is 5.69 Å². The highest BCUT2D eigenvalue weighted by Gasteiger charge is 2.13. The van der Waals surface area contributed by atoms with Crippen molar-refractivity contribution in [2.45, 2.75) is 27.2 Å². The number of aryl methyl sites for hydroxylation is 2. The Kier molecular flexibility index (Phi) is 4.90. The predicted molar refractivity (Wildman–Crippen MR) is 89.2 cm³/mol. The highest BCUT2D eigenvalue weighted by molar-refractivity contribution is 9.10. The maximum Gasteiger partial charge on any atom is 0.324 e. The second kappa shape index (κ2) is 6.49. The zero-order valence-corrected chi connectivity index (χ0v) is 14.3. The van der Waals surface area contributed by atoms with Crippen molar-refractivity contribution in [2.75, 3.05) is 10.6 Å². The van der Waals surface area contributed by atoms with Crippen LogP contribution in [0.15, 0.2) is 16.6 Å². The van der Waals surface area contributed by atoms with Crippen molar-refractivity contribution in [3.05, 3.63) is 38.4 Å². The van der Waals surface area contributed by atoms with Crippen molar-refractivity contribution in [3.63, 3.8) is 0 Å². The van der Waals surface area contributed by atoms with Crippen LogP contribution in [0.5, 0.6) is 0 Å². The molecule has 2 rings (SSSR count). The van der Waals surface area contributed by atoms with E-state index in [0.717, 1.165) is 27.7 Å². The van der Waals surface area contributed by atoms with Crippen LogP contribution in [-0.4, -0.2) is 16.2 Å². The third-order valence-electron chi connectivity index (χ3n) is 3.16. The van der Waals surface area contributed by atoms with E-state index in [0.29, 0.717) is 16.5 Å². The monoisotopic (exact) mass is 370 g/mol. The molecule has 0 fully saturated rings. The van der Waals surface area contributed by atoms with Crippen LogP contribution < -0.4 is 10.6 Å². The zero-order valence-electron chi connectivity index (χ0n) is 12.0. The fourth-order valence-corrected chi connectivity index (χ4v) is 2.71. The van der Waals surface area contributed by atoms with Crippen molar-refractivity contribution in [2.24, 2.45) is 0 Å². The molecular formula is C14H16BrClN4O. The van der Waals surface area contributed by atoms with E-state index in [4.69, 9.17) is 11.6 Å². The van der Waals surface area contributed by atoms with Gasteiger partial charge in [-0.2, -0.15) is 5.10 Å². The van der Waals surface area contributed by atoms with Crippen LogP contribution in [0.1, 0.15) is 23.7 Å². The Hall–Kier alpha value is -1.53. The highest BCUT2D eigenvalue weighted by atomic mass is 79.9. The first kappa shape index (κ1) is 15.9. The minimum atomic E-state index is -0.364. The standard InChI is InChI=1S/C14H16BrClN4O/c1-4-9-8(3)19-20-13(9)18-14(21)17-12-6-11(16)7(2)5-10(12)15/h5-6H,4H2,1-3H3,(H3,17,18,19,20,21). The summed E-state index contributed by atoms with van der Waals surface area (Å²) in [6.45, 7) is 5.83. The van der Waals surface area contributed by atoms with Gasteiger partial charge in [0, 0.05) is 20.8 Å². The Morgan fingerprint density at radius 3 is 2.76 bits per heavy atom. The predicted octanol–water partition coefficient (Wildman–Crippen LogP) is 4.65. The molecule has 5 nitrogen and oxygen atoms in total. The number of halogens is 2. The summed E-state index contributed by atoms with van der Waals surface area (Å²) < 4.78 is 0.772. The van der Waals surface area contributed by atoms with Gasteiger partial charge in [-0.15, -0.1) is 0 Å². The Morgan fingerprint density at radius 2 is 2.10 bits per heavy atom. The minimum absolute atomic E-state index is 0.364. The number of benzene rings is 1. The summed E-state index contributed by atoms with van der Waals surface area (Å²) in [5.74, 6) is 0.543. The largest absolute Gasteiger partial charge is 0.324 e. The number of carbonyl (C=O) groups excluding carboxylic acids is 1. The number of aromatic amines is 1. The van der Waals surface area contributed by atoms with Gasteiger partial charge in [0.25, 0.3) is 0 Å². The first-order chi connectivity index (χ1) is 9.92. The van der Waals surface area contributed by atoms with Crippen LogP contribution in [-0.2, 0) is 6.42 Å². The maximum absolute atomic E-state index is 12.1. The second-order valence-electron chi connectivity index (χ2n) is 4.69. The van der Waals surface area contributed by atoms with Gasteiger partial charge in [0.15, 0.2) is 5.82 Å². The summed E-state index contributed by atoms with van der Waals surface area (Å²) in [5.41, 5.74) is 3.48. The third kappa shape index (κ3) is 3.57. The molecular weight excluding hydrogens is 356 g/mol. The number of H-pyrrole nitrogens is 1. The van der Waals surface area contributed by atoms with Gasteiger partial charge >= 0.3 is 6.03 Å². The fraction of sp³-hybridized carbons (Fsp3) is 0.286. The van der Waals surface area contributed by atoms with Gasteiger partial charge in [0.2, 0.25) is 0 Å². The Bertz CT molecular complexity index is 684. The SMILES string of the molecule is CCc1c(NC(=O)Nc2cc(Cl)c(C)cc2Br)n[nH]c1C. The van der Waals surface area contributed by atoms with E-state index >= 15 is 0 Å². The van der Waals surface area contributed by atoms with Crippen molar-refractivity contribution in [1.82, 2.24) is 10.2 Å². The molecule has 0 saturated heterocycles. The van der Waals surface area contributed by atoms with Crippen LogP contribution >= 0.6 is 27.5 Å². The molecule has 0 radical (unpaired) electrons. The fourth-order valence-electron chi connectivity index (χ4n) is 1.99. The average Bonchev–Trinajstić information content (AvgIpc) is 2.76. The van der Waals surface area contributed by atoms with Gasteiger partial charge in [-0.3, -0.25) is 10.4 Å². The van der Waals surface area contributed by atoms with E-state index in [1.165, 1.54) is 0 Å². The molecule has 0 saturated carbocycles.